The Morgan fingerprint density at radius 1 is 1.34 bits per heavy atom. The minimum absolute atomic E-state index is 0.0699. The number of carboxylic acids is 1. The van der Waals surface area contributed by atoms with Crippen LogP contribution in [0.15, 0.2) is 9.59 Å². The van der Waals surface area contributed by atoms with Crippen LogP contribution in [0.1, 0.15) is 60.0 Å². The van der Waals surface area contributed by atoms with E-state index in [1.54, 1.807) is 0 Å². The lowest BCUT2D eigenvalue weighted by Gasteiger charge is -2.24. The van der Waals surface area contributed by atoms with Crippen molar-refractivity contribution in [2.45, 2.75) is 51.1 Å². The summed E-state index contributed by atoms with van der Waals surface area (Å²) in [5, 5.41) is 16.0. The van der Waals surface area contributed by atoms with Gasteiger partial charge in [0.25, 0.3) is 0 Å². The number of carbonyl (C=O) groups is 2. The maximum Gasteiger partial charge on any atom is 0.340 e. The lowest BCUT2D eigenvalue weighted by atomic mass is 9.98. The summed E-state index contributed by atoms with van der Waals surface area (Å²) in [6.07, 6.45) is 2.30. The van der Waals surface area contributed by atoms with E-state index in [-0.39, 0.29) is 28.1 Å². The fourth-order valence-corrected chi connectivity index (χ4v) is 4.60. The number of hydrogen-bond acceptors (Lipinski definition) is 8. The maximum absolute atomic E-state index is 12.1. The van der Waals surface area contributed by atoms with Crippen LogP contribution in [0.2, 0.25) is 0 Å². The van der Waals surface area contributed by atoms with Gasteiger partial charge in [-0.3, -0.25) is 19.8 Å². The number of thiophene rings is 1. The molecule has 1 amide bonds. The average Bonchev–Trinajstić information content (AvgIpc) is 3.03. The Kier molecular flexibility index (Phi) is 5.92. The standard InChI is InChI=1S/C18H25N5O5S/c1-18(2,19)6-3-4-11(24)21-8-10-13-9(5-7-20-10)12(17(27)28)14(29-13)22-23-15(25)16(23)26/h10,20,22H,3-8,19H2,1-2H3,(H,21,24)(H,27,28). The number of nitrogens with two attached hydrogens (primary N) is 1. The van der Waals surface area contributed by atoms with Crippen LogP contribution < -0.4 is 32.9 Å². The molecule has 1 unspecified atom stereocenters. The highest BCUT2D eigenvalue weighted by atomic mass is 32.1. The molecule has 0 radical (unpaired) electrons. The Morgan fingerprint density at radius 3 is 2.62 bits per heavy atom. The Morgan fingerprint density at radius 2 is 2.03 bits per heavy atom. The predicted octanol–water partition coefficient (Wildman–Crippen LogP) is -0.0704. The van der Waals surface area contributed by atoms with Gasteiger partial charge in [0, 0.05) is 23.4 Å². The van der Waals surface area contributed by atoms with Gasteiger partial charge in [-0.25, -0.2) is 4.79 Å². The Balaban J connectivity index is 1.69. The Hall–Kier alpha value is -2.50. The molecule has 0 aliphatic carbocycles. The molecule has 0 spiro atoms. The van der Waals surface area contributed by atoms with Crippen molar-refractivity contribution in [3.05, 3.63) is 36.7 Å². The molecule has 0 bridgehead atoms. The summed E-state index contributed by atoms with van der Waals surface area (Å²) in [5.41, 5.74) is 7.54. The number of hydrogen-bond donors (Lipinski definition) is 5. The summed E-state index contributed by atoms with van der Waals surface area (Å²) in [5.74, 6) is -1.21. The maximum atomic E-state index is 12.1. The lowest BCUT2D eigenvalue weighted by Crippen LogP contribution is -2.38. The lowest BCUT2D eigenvalue weighted by molar-refractivity contribution is -0.121. The molecule has 0 saturated carbocycles. The van der Waals surface area contributed by atoms with E-state index in [1.807, 2.05) is 13.8 Å². The topological polar surface area (TPSA) is 156 Å². The highest BCUT2D eigenvalue weighted by Crippen LogP contribution is 2.39. The first-order chi connectivity index (χ1) is 13.6. The third-order valence-corrected chi connectivity index (χ3v) is 6.07. The van der Waals surface area contributed by atoms with Gasteiger partial charge in [0.05, 0.1) is 11.6 Å². The van der Waals surface area contributed by atoms with E-state index in [1.165, 1.54) is 11.3 Å². The average molecular weight is 423 g/mol. The first-order valence-electron chi connectivity index (χ1n) is 9.41. The van der Waals surface area contributed by atoms with E-state index in [0.29, 0.717) is 37.9 Å². The molecule has 3 heterocycles. The third-order valence-electron chi connectivity index (χ3n) is 4.82. The number of anilines is 1. The summed E-state index contributed by atoms with van der Waals surface area (Å²) in [6.45, 7) is 4.71. The molecule has 2 aromatic heterocycles. The summed E-state index contributed by atoms with van der Waals surface area (Å²) < 4.78 is 0.785. The Labute approximate surface area is 170 Å². The second kappa shape index (κ2) is 8.09. The van der Waals surface area contributed by atoms with Crippen molar-refractivity contribution < 1.29 is 14.7 Å². The van der Waals surface area contributed by atoms with Gasteiger partial charge in [-0.05, 0) is 45.2 Å². The molecule has 158 valence electrons. The number of aromatic nitrogens is 1. The van der Waals surface area contributed by atoms with Crippen LogP contribution in [0.4, 0.5) is 5.00 Å². The van der Waals surface area contributed by atoms with Crippen molar-refractivity contribution in [2.24, 2.45) is 5.73 Å². The SMILES string of the molecule is CC(C)(N)CCCC(=O)NCC1NCCc2c1sc(Nn1c(=O)c1=O)c2C(=O)O. The smallest absolute Gasteiger partial charge is 0.340 e. The first-order valence-corrected chi connectivity index (χ1v) is 10.2. The number of nitrogens with zero attached hydrogens (tertiary/aromatic N) is 1. The van der Waals surface area contributed by atoms with Gasteiger partial charge in [-0.1, -0.05) is 0 Å². The summed E-state index contributed by atoms with van der Waals surface area (Å²) in [7, 11) is 0. The Bertz CT molecular complexity index is 970. The number of aromatic carboxylic acids is 1. The van der Waals surface area contributed by atoms with E-state index in [0.717, 1.165) is 16.0 Å². The molecule has 1 atom stereocenters. The highest BCUT2D eigenvalue weighted by Gasteiger charge is 2.31. The molecule has 1 aliphatic rings. The van der Waals surface area contributed by atoms with Crippen molar-refractivity contribution in [2.75, 3.05) is 18.5 Å². The van der Waals surface area contributed by atoms with Gasteiger partial charge in [0.15, 0.2) is 0 Å². The fourth-order valence-electron chi connectivity index (χ4n) is 3.29. The summed E-state index contributed by atoms with van der Waals surface area (Å²) >= 11 is 1.18. The van der Waals surface area contributed by atoms with Gasteiger partial charge < -0.3 is 21.5 Å². The van der Waals surface area contributed by atoms with E-state index in [2.05, 4.69) is 16.1 Å². The van der Waals surface area contributed by atoms with Crippen molar-refractivity contribution in [1.29, 1.82) is 0 Å². The highest BCUT2D eigenvalue weighted by molar-refractivity contribution is 7.16. The molecule has 29 heavy (non-hydrogen) atoms. The number of carbonyl (C=O) groups excluding carboxylic acids is 1. The van der Waals surface area contributed by atoms with Crippen LogP contribution >= 0.6 is 11.3 Å². The predicted molar refractivity (Wildman–Crippen MR) is 109 cm³/mol. The van der Waals surface area contributed by atoms with Crippen LogP contribution in [0.5, 0.6) is 0 Å². The van der Waals surface area contributed by atoms with Gasteiger partial charge in [-0.2, -0.15) is 4.68 Å². The molecule has 11 heteroatoms. The molecule has 0 fully saturated rings. The van der Waals surface area contributed by atoms with Crippen molar-refractivity contribution in [3.8, 4) is 0 Å². The zero-order valence-corrected chi connectivity index (χ0v) is 17.1. The zero-order valence-electron chi connectivity index (χ0n) is 16.3. The van der Waals surface area contributed by atoms with E-state index in [9.17, 15) is 24.3 Å². The molecule has 10 nitrogen and oxygen atoms in total. The van der Waals surface area contributed by atoms with Crippen molar-refractivity contribution in [1.82, 2.24) is 15.3 Å². The fraction of sp³-hybridized carbons (Fsp3) is 0.556. The number of nitrogens with one attached hydrogen (secondary N) is 3. The van der Waals surface area contributed by atoms with Crippen LogP contribution in [0.3, 0.4) is 0 Å². The molecule has 6 N–H and O–H groups in total. The normalized spacial score (nSPS) is 16.6. The molecule has 0 aromatic carbocycles. The first kappa shape index (κ1) is 21.2. The molecule has 3 rings (SSSR count). The number of fused-ring (bicyclic) bond motifs is 1. The monoisotopic (exact) mass is 423 g/mol. The van der Waals surface area contributed by atoms with E-state index < -0.39 is 17.1 Å². The third kappa shape index (κ3) is 4.92. The van der Waals surface area contributed by atoms with Gasteiger partial charge in [0.2, 0.25) is 5.91 Å². The second-order valence-electron chi connectivity index (χ2n) is 7.91. The molecule has 1 aliphatic heterocycles. The van der Waals surface area contributed by atoms with Gasteiger partial charge in [0.1, 0.15) is 5.00 Å². The van der Waals surface area contributed by atoms with Crippen LogP contribution in [-0.4, -0.2) is 40.3 Å². The number of rotatable bonds is 9. The number of amides is 1. The van der Waals surface area contributed by atoms with Crippen molar-refractivity contribution >= 4 is 28.2 Å². The summed E-state index contributed by atoms with van der Waals surface area (Å²) in [4.78, 5) is 47.2. The van der Waals surface area contributed by atoms with E-state index >= 15 is 0 Å². The van der Waals surface area contributed by atoms with Crippen LogP contribution in [0, 0.1) is 0 Å². The minimum atomic E-state index is -1.12. The van der Waals surface area contributed by atoms with Gasteiger partial charge in [-0.15, -0.1) is 11.3 Å². The molecule has 0 saturated heterocycles. The summed E-state index contributed by atoms with van der Waals surface area (Å²) in [6, 6.07) is -0.243. The largest absolute Gasteiger partial charge is 0.478 e. The minimum Gasteiger partial charge on any atom is -0.478 e. The van der Waals surface area contributed by atoms with Crippen molar-refractivity contribution in [3.63, 3.8) is 0 Å². The molecular formula is C18H25N5O5S. The molecule has 2 aromatic rings. The zero-order chi connectivity index (χ0) is 21.3. The van der Waals surface area contributed by atoms with Crippen LogP contribution in [-0.2, 0) is 11.2 Å². The molecular weight excluding hydrogens is 398 g/mol. The number of carboxylic acid groups (broad SMARTS) is 1. The quantitative estimate of drug-likeness (QED) is 0.351. The second-order valence-corrected chi connectivity index (χ2v) is 8.97. The van der Waals surface area contributed by atoms with E-state index in [4.69, 9.17) is 5.73 Å². The van der Waals surface area contributed by atoms with Crippen LogP contribution in [0.25, 0.3) is 0 Å². The van der Waals surface area contributed by atoms with Gasteiger partial charge >= 0.3 is 17.1 Å².